The van der Waals surface area contributed by atoms with E-state index in [1.807, 2.05) is 19.2 Å². The van der Waals surface area contributed by atoms with Gasteiger partial charge in [0.2, 0.25) is 0 Å². The molecule has 1 aliphatic carbocycles. The largest absolute Gasteiger partial charge is 0.378 e. The quantitative estimate of drug-likeness (QED) is 0.163. The van der Waals surface area contributed by atoms with Crippen molar-refractivity contribution in [3.8, 4) is 0 Å². The Balaban J connectivity index is 0.00000320. The summed E-state index contributed by atoms with van der Waals surface area (Å²) in [5.74, 6) is 1.74. The second kappa shape index (κ2) is 14.3. The van der Waals surface area contributed by atoms with E-state index in [0.717, 1.165) is 57.3 Å². The molecule has 1 atom stereocenters. The molecule has 1 aromatic rings. The van der Waals surface area contributed by atoms with Crippen molar-refractivity contribution < 1.29 is 4.74 Å². The van der Waals surface area contributed by atoms with E-state index in [9.17, 15) is 0 Å². The Hall–Kier alpha value is -0.800. The van der Waals surface area contributed by atoms with Gasteiger partial charge in [-0.25, -0.2) is 4.98 Å². The third-order valence-electron chi connectivity index (χ3n) is 5.81. The van der Waals surface area contributed by atoms with E-state index in [1.54, 1.807) is 6.20 Å². The first-order chi connectivity index (χ1) is 14.3. The molecule has 1 aliphatic heterocycles. The van der Waals surface area contributed by atoms with Gasteiger partial charge in [-0.2, -0.15) is 0 Å². The van der Waals surface area contributed by atoms with Crippen LogP contribution in [-0.2, 0) is 4.74 Å². The molecule has 2 heterocycles. The minimum atomic E-state index is 0. The predicted octanol–water partition coefficient (Wildman–Crippen LogP) is 4.62. The first-order valence-electron chi connectivity index (χ1n) is 11.2. The van der Waals surface area contributed by atoms with Crippen molar-refractivity contribution in [2.24, 2.45) is 4.99 Å². The highest BCUT2D eigenvalue weighted by Crippen LogP contribution is 2.25. The molecule has 8 heteroatoms. The molecule has 1 saturated heterocycles. The van der Waals surface area contributed by atoms with Crippen LogP contribution in [-0.4, -0.2) is 56.4 Å². The Kier molecular flexibility index (Phi) is 12.1. The van der Waals surface area contributed by atoms with Gasteiger partial charge in [0.25, 0.3) is 0 Å². The van der Waals surface area contributed by atoms with Gasteiger partial charge in [0.15, 0.2) is 5.96 Å². The Morgan fingerprint density at radius 3 is 2.77 bits per heavy atom. The van der Waals surface area contributed by atoms with E-state index >= 15 is 0 Å². The lowest BCUT2D eigenvalue weighted by Crippen LogP contribution is -2.45. The standard InChI is InChI=1S/C22H36ClN5O.HI/c1-24-22(26-13-6-7-16-29-19-9-4-2-3-5-10-19)27-18-12-15-28(17-18)21-20(23)11-8-14-25-21;/h8,11,14,18-19H,2-7,9-10,12-13,15-17H2,1H3,(H2,24,26,27);1H. The smallest absolute Gasteiger partial charge is 0.191 e. The number of rotatable bonds is 8. The average Bonchev–Trinajstić information content (AvgIpc) is 3.03. The maximum Gasteiger partial charge on any atom is 0.191 e. The molecule has 2 aliphatic rings. The van der Waals surface area contributed by atoms with Gasteiger partial charge in [-0.15, -0.1) is 24.0 Å². The molecule has 3 rings (SSSR count). The number of hydrogen-bond acceptors (Lipinski definition) is 4. The second-order valence-corrected chi connectivity index (χ2v) is 8.48. The number of hydrogen-bond donors (Lipinski definition) is 2. The van der Waals surface area contributed by atoms with E-state index < -0.39 is 0 Å². The minimum absolute atomic E-state index is 0. The zero-order chi connectivity index (χ0) is 20.3. The summed E-state index contributed by atoms with van der Waals surface area (Å²) in [6, 6.07) is 4.10. The Labute approximate surface area is 203 Å². The number of aliphatic imine (C=N–C) groups is 1. The summed E-state index contributed by atoms with van der Waals surface area (Å²) in [4.78, 5) is 11.0. The third kappa shape index (κ3) is 8.38. The number of nitrogens with one attached hydrogen (secondary N) is 2. The van der Waals surface area contributed by atoms with Crippen molar-refractivity contribution in [3.05, 3.63) is 23.4 Å². The first kappa shape index (κ1) is 25.5. The van der Waals surface area contributed by atoms with Crippen LogP contribution in [0.2, 0.25) is 5.02 Å². The molecular formula is C22H37ClIN5O. The Morgan fingerprint density at radius 1 is 1.23 bits per heavy atom. The fraction of sp³-hybridized carbons (Fsp3) is 0.727. The van der Waals surface area contributed by atoms with Crippen molar-refractivity contribution in [1.82, 2.24) is 15.6 Å². The van der Waals surface area contributed by atoms with Crippen LogP contribution in [0.4, 0.5) is 5.82 Å². The van der Waals surface area contributed by atoms with Crippen molar-refractivity contribution in [2.45, 2.75) is 69.9 Å². The monoisotopic (exact) mass is 549 g/mol. The molecule has 0 radical (unpaired) electrons. The SMILES string of the molecule is CN=C(NCCCCOC1CCCCCC1)NC1CCN(c2ncccc2Cl)C1.I. The zero-order valence-electron chi connectivity index (χ0n) is 18.1. The van der Waals surface area contributed by atoms with Gasteiger partial charge in [-0.3, -0.25) is 4.99 Å². The average molecular weight is 550 g/mol. The van der Waals surface area contributed by atoms with Gasteiger partial charge >= 0.3 is 0 Å². The number of guanidine groups is 1. The number of pyridine rings is 1. The van der Waals surface area contributed by atoms with Crippen molar-refractivity contribution in [1.29, 1.82) is 0 Å². The van der Waals surface area contributed by atoms with Gasteiger partial charge in [0.05, 0.1) is 11.1 Å². The lowest BCUT2D eigenvalue weighted by molar-refractivity contribution is 0.0411. The van der Waals surface area contributed by atoms with Crippen LogP contribution in [0.3, 0.4) is 0 Å². The highest BCUT2D eigenvalue weighted by Gasteiger charge is 2.25. The number of ether oxygens (including phenoxy) is 1. The minimum Gasteiger partial charge on any atom is -0.378 e. The number of anilines is 1. The third-order valence-corrected chi connectivity index (χ3v) is 6.11. The molecule has 2 fully saturated rings. The van der Waals surface area contributed by atoms with Gasteiger partial charge in [0, 0.05) is 45.5 Å². The van der Waals surface area contributed by atoms with Crippen LogP contribution in [0.1, 0.15) is 57.8 Å². The number of unbranched alkanes of at least 4 members (excludes halogenated alkanes) is 1. The molecule has 0 bridgehead atoms. The predicted molar refractivity (Wildman–Crippen MR) is 136 cm³/mol. The van der Waals surface area contributed by atoms with E-state index in [1.165, 1.54) is 38.5 Å². The fourth-order valence-corrected chi connectivity index (χ4v) is 4.40. The summed E-state index contributed by atoms with van der Waals surface area (Å²) >= 11 is 6.28. The van der Waals surface area contributed by atoms with E-state index in [-0.39, 0.29) is 24.0 Å². The topological polar surface area (TPSA) is 61.8 Å². The number of aromatic nitrogens is 1. The molecule has 1 aromatic heterocycles. The van der Waals surface area contributed by atoms with Crippen LogP contribution < -0.4 is 15.5 Å². The Bertz CT molecular complexity index is 640. The molecule has 6 nitrogen and oxygen atoms in total. The zero-order valence-corrected chi connectivity index (χ0v) is 21.2. The maximum atomic E-state index is 6.28. The summed E-state index contributed by atoms with van der Waals surface area (Å²) < 4.78 is 6.07. The lowest BCUT2D eigenvalue weighted by Gasteiger charge is -2.20. The van der Waals surface area contributed by atoms with Gasteiger partial charge < -0.3 is 20.3 Å². The van der Waals surface area contributed by atoms with Crippen LogP contribution in [0.15, 0.2) is 23.3 Å². The number of halogens is 2. The molecule has 1 unspecified atom stereocenters. The van der Waals surface area contributed by atoms with E-state index in [4.69, 9.17) is 16.3 Å². The molecule has 170 valence electrons. The maximum absolute atomic E-state index is 6.28. The molecule has 2 N–H and O–H groups in total. The van der Waals surface area contributed by atoms with Crippen LogP contribution in [0.5, 0.6) is 0 Å². The van der Waals surface area contributed by atoms with Gasteiger partial charge in [-0.05, 0) is 44.2 Å². The molecule has 1 saturated carbocycles. The Morgan fingerprint density at radius 2 is 2.03 bits per heavy atom. The molecular weight excluding hydrogens is 513 g/mol. The highest BCUT2D eigenvalue weighted by molar-refractivity contribution is 14.0. The lowest BCUT2D eigenvalue weighted by atomic mass is 10.1. The molecule has 0 spiro atoms. The van der Waals surface area contributed by atoms with Crippen LogP contribution >= 0.6 is 35.6 Å². The molecule has 0 aromatic carbocycles. The summed E-state index contributed by atoms with van der Waals surface area (Å²) in [6.45, 7) is 3.62. The fourth-order valence-electron chi connectivity index (χ4n) is 4.16. The summed E-state index contributed by atoms with van der Waals surface area (Å²) in [7, 11) is 1.83. The van der Waals surface area contributed by atoms with Crippen LogP contribution in [0, 0.1) is 0 Å². The normalized spacial score (nSPS) is 20.5. The molecule has 30 heavy (non-hydrogen) atoms. The van der Waals surface area contributed by atoms with Crippen LogP contribution in [0.25, 0.3) is 0 Å². The number of nitrogens with zero attached hydrogens (tertiary/aromatic N) is 3. The first-order valence-corrected chi connectivity index (χ1v) is 11.6. The molecule has 0 amide bonds. The van der Waals surface area contributed by atoms with Crippen molar-refractivity contribution >= 4 is 47.4 Å². The van der Waals surface area contributed by atoms with Crippen molar-refractivity contribution in [2.75, 3.05) is 38.2 Å². The van der Waals surface area contributed by atoms with E-state index in [2.05, 4.69) is 25.5 Å². The van der Waals surface area contributed by atoms with Gasteiger partial charge in [-0.1, -0.05) is 37.3 Å². The summed E-state index contributed by atoms with van der Waals surface area (Å²) in [6.07, 6.45) is 13.4. The second-order valence-electron chi connectivity index (χ2n) is 8.08. The summed E-state index contributed by atoms with van der Waals surface area (Å²) in [5, 5.41) is 7.67. The van der Waals surface area contributed by atoms with Gasteiger partial charge in [0.1, 0.15) is 5.82 Å². The van der Waals surface area contributed by atoms with Crippen molar-refractivity contribution in [3.63, 3.8) is 0 Å². The highest BCUT2D eigenvalue weighted by atomic mass is 127. The summed E-state index contributed by atoms with van der Waals surface area (Å²) in [5.41, 5.74) is 0. The van der Waals surface area contributed by atoms with E-state index in [0.29, 0.717) is 17.2 Å².